The molecule has 1 aromatic rings. The summed E-state index contributed by atoms with van der Waals surface area (Å²) in [5.41, 5.74) is 7.75. The standard InChI is InChI=1S/C16H27N3O/c1-5-16(2,3)18-15(20)12-19(4)11-14-8-6-13(10-17)7-9-14/h6-9H,5,10-12,17H2,1-4H3,(H,18,20). The van der Waals surface area contributed by atoms with Crippen molar-refractivity contribution in [3.8, 4) is 0 Å². The lowest BCUT2D eigenvalue weighted by atomic mass is 10.0. The fraction of sp³-hybridized carbons (Fsp3) is 0.562. The molecule has 0 aliphatic heterocycles. The maximum Gasteiger partial charge on any atom is 0.234 e. The van der Waals surface area contributed by atoms with E-state index in [1.165, 1.54) is 5.56 Å². The second kappa shape index (κ2) is 7.41. The van der Waals surface area contributed by atoms with Crippen LogP contribution in [-0.2, 0) is 17.9 Å². The molecule has 0 fully saturated rings. The molecule has 0 aliphatic rings. The van der Waals surface area contributed by atoms with E-state index < -0.39 is 0 Å². The molecule has 0 aliphatic carbocycles. The SMILES string of the molecule is CCC(C)(C)NC(=O)CN(C)Cc1ccc(CN)cc1. The van der Waals surface area contributed by atoms with Gasteiger partial charge in [-0.2, -0.15) is 0 Å². The van der Waals surface area contributed by atoms with E-state index in [1.807, 2.05) is 37.9 Å². The van der Waals surface area contributed by atoms with Crippen LogP contribution in [0.3, 0.4) is 0 Å². The molecule has 0 unspecified atom stereocenters. The zero-order valence-corrected chi connectivity index (χ0v) is 13.1. The van der Waals surface area contributed by atoms with E-state index in [9.17, 15) is 4.79 Å². The fourth-order valence-corrected chi connectivity index (χ4v) is 1.90. The molecule has 1 rings (SSSR count). The number of nitrogens with one attached hydrogen (secondary N) is 1. The van der Waals surface area contributed by atoms with Crippen LogP contribution in [-0.4, -0.2) is 29.9 Å². The summed E-state index contributed by atoms with van der Waals surface area (Å²) in [6.07, 6.45) is 0.920. The number of nitrogens with two attached hydrogens (primary N) is 1. The van der Waals surface area contributed by atoms with Crippen LogP contribution in [0.5, 0.6) is 0 Å². The Morgan fingerprint density at radius 2 is 1.80 bits per heavy atom. The van der Waals surface area contributed by atoms with Gasteiger partial charge in [0.2, 0.25) is 5.91 Å². The number of carbonyl (C=O) groups excluding carboxylic acids is 1. The van der Waals surface area contributed by atoms with Crippen molar-refractivity contribution in [3.63, 3.8) is 0 Å². The Morgan fingerprint density at radius 1 is 1.25 bits per heavy atom. The quantitative estimate of drug-likeness (QED) is 0.800. The maximum atomic E-state index is 11.9. The maximum absolute atomic E-state index is 11.9. The van der Waals surface area contributed by atoms with Gasteiger partial charge in [-0.15, -0.1) is 0 Å². The predicted octanol–water partition coefficient (Wildman–Crippen LogP) is 1.88. The molecule has 0 atom stereocenters. The van der Waals surface area contributed by atoms with Crippen molar-refractivity contribution < 1.29 is 4.79 Å². The van der Waals surface area contributed by atoms with Gasteiger partial charge in [0.15, 0.2) is 0 Å². The number of hydrogen-bond acceptors (Lipinski definition) is 3. The molecule has 3 N–H and O–H groups in total. The van der Waals surface area contributed by atoms with Crippen LogP contribution in [0.25, 0.3) is 0 Å². The van der Waals surface area contributed by atoms with Gasteiger partial charge in [0, 0.05) is 18.6 Å². The first-order valence-electron chi connectivity index (χ1n) is 7.13. The van der Waals surface area contributed by atoms with E-state index >= 15 is 0 Å². The van der Waals surface area contributed by atoms with Gasteiger partial charge < -0.3 is 11.1 Å². The monoisotopic (exact) mass is 277 g/mol. The first kappa shape index (κ1) is 16.7. The van der Waals surface area contributed by atoms with Crippen molar-refractivity contribution in [3.05, 3.63) is 35.4 Å². The van der Waals surface area contributed by atoms with E-state index in [4.69, 9.17) is 5.73 Å². The van der Waals surface area contributed by atoms with E-state index in [2.05, 4.69) is 24.4 Å². The molecule has 0 aromatic heterocycles. The summed E-state index contributed by atoms with van der Waals surface area (Å²) in [6.45, 7) is 7.87. The Balaban J connectivity index is 2.46. The smallest absolute Gasteiger partial charge is 0.234 e. The van der Waals surface area contributed by atoms with Gasteiger partial charge in [-0.25, -0.2) is 0 Å². The highest BCUT2D eigenvalue weighted by molar-refractivity contribution is 5.78. The Morgan fingerprint density at radius 3 is 2.30 bits per heavy atom. The molecule has 0 radical (unpaired) electrons. The Labute approximate surface area is 122 Å². The topological polar surface area (TPSA) is 58.4 Å². The summed E-state index contributed by atoms with van der Waals surface area (Å²) >= 11 is 0. The van der Waals surface area contributed by atoms with Crippen LogP contribution in [0.2, 0.25) is 0 Å². The lowest BCUT2D eigenvalue weighted by molar-refractivity contribution is -0.123. The average molecular weight is 277 g/mol. The van der Waals surface area contributed by atoms with Crippen molar-refractivity contribution >= 4 is 5.91 Å². The molecule has 1 amide bonds. The summed E-state index contributed by atoms with van der Waals surface area (Å²) in [6, 6.07) is 8.19. The number of carbonyl (C=O) groups is 1. The molecule has 0 spiro atoms. The van der Waals surface area contributed by atoms with Crippen LogP contribution in [0, 0.1) is 0 Å². The molecule has 0 bridgehead atoms. The molecule has 0 saturated carbocycles. The number of benzene rings is 1. The fourth-order valence-electron chi connectivity index (χ4n) is 1.90. The predicted molar refractivity (Wildman–Crippen MR) is 83.2 cm³/mol. The molecule has 20 heavy (non-hydrogen) atoms. The normalized spacial score (nSPS) is 11.7. The molecular weight excluding hydrogens is 250 g/mol. The van der Waals surface area contributed by atoms with E-state index in [-0.39, 0.29) is 11.4 Å². The zero-order valence-electron chi connectivity index (χ0n) is 13.1. The highest BCUT2D eigenvalue weighted by Crippen LogP contribution is 2.08. The minimum Gasteiger partial charge on any atom is -0.350 e. The third-order valence-corrected chi connectivity index (χ3v) is 3.49. The van der Waals surface area contributed by atoms with Gasteiger partial charge >= 0.3 is 0 Å². The first-order valence-corrected chi connectivity index (χ1v) is 7.13. The largest absolute Gasteiger partial charge is 0.350 e. The molecule has 4 heteroatoms. The van der Waals surface area contributed by atoms with Crippen molar-refractivity contribution in [2.45, 2.75) is 45.8 Å². The van der Waals surface area contributed by atoms with Gasteiger partial charge in [0.05, 0.1) is 6.54 Å². The van der Waals surface area contributed by atoms with Crippen molar-refractivity contribution in [2.75, 3.05) is 13.6 Å². The summed E-state index contributed by atoms with van der Waals surface area (Å²) in [7, 11) is 1.95. The van der Waals surface area contributed by atoms with Gasteiger partial charge in [-0.1, -0.05) is 31.2 Å². The van der Waals surface area contributed by atoms with Gasteiger partial charge in [0.1, 0.15) is 0 Å². The lowest BCUT2D eigenvalue weighted by Crippen LogP contribution is -2.46. The highest BCUT2D eigenvalue weighted by atomic mass is 16.2. The highest BCUT2D eigenvalue weighted by Gasteiger charge is 2.18. The number of rotatable bonds is 7. The van der Waals surface area contributed by atoms with Crippen molar-refractivity contribution in [1.82, 2.24) is 10.2 Å². The number of amides is 1. The van der Waals surface area contributed by atoms with E-state index in [0.717, 1.165) is 18.5 Å². The number of likely N-dealkylation sites (N-methyl/N-ethyl adjacent to an activating group) is 1. The van der Waals surface area contributed by atoms with Crippen molar-refractivity contribution in [2.24, 2.45) is 5.73 Å². The zero-order chi connectivity index (χ0) is 15.2. The molecule has 0 heterocycles. The summed E-state index contributed by atoms with van der Waals surface area (Å²) in [4.78, 5) is 14.0. The Bertz CT molecular complexity index is 426. The third-order valence-electron chi connectivity index (χ3n) is 3.49. The van der Waals surface area contributed by atoms with Crippen LogP contribution in [0.4, 0.5) is 0 Å². The van der Waals surface area contributed by atoms with Crippen molar-refractivity contribution in [1.29, 1.82) is 0 Å². The molecule has 4 nitrogen and oxygen atoms in total. The molecule has 0 saturated heterocycles. The van der Waals surface area contributed by atoms with E-state index in [1.54, 1.807) is 0 Å². The minimum absolute atomic E-state index is 0.0675. The average Bonchev–Trinajstić information content (AvgIpc) is 2.38. The number of nitrogens with zero attached hydrogens (tertiary/aromatic N) is 1. The lowest BCUT2D eigenvalue weighted by Gasteiger charge is -2.26. The molecule has 112 valence electrons. The second-order valence-electron chi connectivity index (χ2n) is 5.98. The summed E-state index contributed by atoms with van der Waals surface area (Å²) in [5, 5.41) is 3.04. The summed E-state index contributed by atoms with van der Waals surface area (Å²) in [5.74, 6) is 0.0675. The van der Waals surface area contributed by atoms with E-state index in [0.29, 0.717) is 13.1 Å². The Hall–Kier alpha value is -1.39. The molecular formula is C16H27N3O. The summed E-state index contributed by atoms with van der Waals surface area (Å²) < 4.78 is 0. The number of hydrogen-bond donors (Lipinski definition) is 2. The van der Waals surface area contributed by atoms with Crippen LogP contribution in [0.15, 0.2) is 24.3 Å². The minimum atomic E-state index is -0.138. The van der Waals surface area contributed by atoms with Gasteiger partial charge in [0.25, 0.3) is 0 Å². The van der Waals surface area contributed by atoms with Gasteiger partial charge in [-0.05, 0) is 38.4 Å². The third kappa shape index (κ3) is 5.72. The molecule has 1 aromatic carbocycles. The van der Waals surface area contributed by atoms with Crippen LogP contribution >= 0.6 is 0 Å². The van der Waals surface area contributed by atoms with Crippen LogP contribution in [0.1, 0.15) is 38.3 Å². The second-order valence-corrected chi connectivity index (χ2v) is 5.98. The first-order chi connectivity index (χ1) is 9.36. The Kier molecular flexibility index (Phi) is 6.17. The van der Waals surface area contributed by atoms with Crippen LogP contribution < -0.4 is 11.1 Å². The van der Waals surface area contributed by atoms with Gasteiger partial charge in [-0.3, -0.25) is 9.69 Å².